The number of ether oxygens (including phenoxy) is 2. The van der Waals surface area contributed by atoms with Gasteiger partial charge >= 0.3 is 0 Å². The molecule has 0 aromatic heterocycles. The fourth-order valence-corrected chi connectivity index (χ4v) is 4.71. The van der Waals surface area contributed by atoms with E-state index in [1.54, 1.807) is 0 Å². The van der Waals surface area contributed by atoms with Gasteiger partial charge in [-0.15, -0.1) is 0 Å². The summed E-state index contributed by atoms with van der Waals surface area (Å²) < 4.78 is 11.5. The van der Waals surface area contributed by atoms with E-state index in [1.165, 1.54) is 28.3 Å². The quantitative estimate of drug-likeness (QED) is 0.706. The van der Waals surface area contributed by atoms with Gasteiger partial charge in [0.2, 0.25) is 0 Å². The fourth-order valence-electron chi connectivity index (χ4n) is 4.71. The van der Waals surface area contributed by atoms with E-state index in [0.29, 0.717) is 19.1 Å². The normalized spacial score (nSPS) is 21.8. The van der Waals surface area contributed by atoms with Crippen LogP contribution in [0.4, 0.5) is 0 Å². The lowest BCUT2D eigenvalue weighted by molar-refractivity contribution is 0.0150. The Morgan fingerprint density at radius 1 is 0.917 bits per heavy atom. The second-order valence-electron chi connectivity index (χ2n) is 7.92. The van der Waals surface area contributed by atoms with E-state index >= 15 is 0 Å². The van der Waals surface area contributed by atoms with Gasteiger partial charge < -0.3 is 9.47 Å². The average Bonchev–Trinajstić information content (AvgIpc) is 2.77. The molecular formula is C22H30O2. The second-order valence-corrected chi connectivity index (χ2v) is 7.92. The van der Waals surface area contributed by atoms with Crippen LogP contribution in [0.1, 0.15) is 44.7 Å². The number of benzene rings is 2. The molecule has 1 aliphatic rings. The van der Waals surface area contributed by atoms with Crippen LogP contribution in [0.2, 0.25) is 0 Å². The van der Waals surface area contributed by atoms with E-state index in [0.717, 1.165) is 6.42 Å². The van der Waals surface area contributed by atoms with Crippen LogP contribution in [0.3, 0.4) is 0 Å². The molecule has 1 aliphatic carbocycles. The van der Waals surface area contributed by atoms with Crippen molar-refractivity contribution < 1.29 is 9.47 Å². The Labute approximate surface area is 146 Å². The summed E-state index contributed by atoms with van der Waals surface area (Å²) in [6, 6.07) is 13.4. The SMILES string of the molecule is COCC1(COC)c2cccc3cccc(c23)C1(C)CCC(C)C. The molecule has 0 N–H and O–H groups in total. The monoisotopic (exact) mass is 326 g/mol. The van der Waals surface area contributed by atoms with Gasteiger partial charge in [0.25, 0.3) is 0 Å². The van der Waals surface area contributed by atoms with Crippen LogP contribution in [0.5, 0.6) is 0 Å². The first-order chi connectivity index (χ1) is 11.5. The lowest BCUT2D eigenvalue weighted by Crippen LogP contribution is -2.50. The van der Waals surface area contributed by atoms with Crippen LogP contribution < -0.4 is 0 Å². The van der Waals surface area contributed by atoms with Crippen LogP contribution in [0, 0.1) is 5.92 Å². The number of methoxy groups -OCH3 is 2. The summed E-state index contributed by atoms with van der Waals surface area (Å²) in [6.45, 7) is 8.40. The molecule has 0 saturated heterocycles. The summed E-state index contributed by atoms with van der Waals surface area (Å²) in [5.41, 5.74) is 2.75. The first-order valence-corrected chi connectivity index (χ1v) is 9.01. The molecule has 3 rings (SSSR count). The standard InChI is InChI=1S/C22H30O2/c1-16(2)12-13-21(3)18-10-6-8-17-9-7-11-19(20(17)18)22(21,14-23-4)15-24-5/h6-11,16H,12-15H2,1-5H3. The zero-order valence-corrected chi connectivity index (χ0v) is 15.7. The summed E-state index contributed by atoms with van der Waals surface area (Å²) in [5, 5.41) is 2.75. The van der Waals surface area contributed by atoms with E-state index in [9.17, 15) is 0 Å². The van der Waals surface area contributed by atoms with Gasteiger partial charge in [-0.2, -0.15) is 0 Å². The molecular weight excluding hydrogens is 296 g/mol. The zero-order valence-electron chi connectivity index (χ0n) is 15.7. The van der Waals surface area contributed by atoms with Crippen molar-refractivity contribution >= 4 is 10.8 Å². The molecule has 0 aliphatic heterocycles. The van der Waals surface area contributed by atoms with Crippen molar-refractivity contribution in [3.63, 3.8) is 0 Å². The molecule has 2 nitrogen and oxygen atoms in total. The molecule has 0 saturated carbocycles. The van der Waals surface area contributed by atoms with E-state index in [1.807, 2.05) is 14.2 Å². The van der Waals surface area contributed by atoms with Gasteiger partial charge in [0.15, 0.2) is 0 Å². The van der Waals surface area contributed by atoms with Crippen molar-refractivity contribution in [3.8, 4) is 0 Å². The molecule has 0 heterocycles. The molecule has 24 heavy (non-hydrogen) atoms. The highest BCUT2D eigenvalue weighted by molar-refractivity contribution is 5.94. The van der Waals surface area contributed by atoms with Gasteiger partial charge in [-0.1, -0.05) is 63.6 Å². The summed E-state index contributed by atoms with van der Waals surface area (Å²) in [5.74, 6) is 0.688. The van der Waals surface area contributed by atoms with Crippen molar-refractivity contribution in [3.05, 3.63) is 47.5 Å². The van der Waals surface area contributed by atoms with E-state index < -0.39 is 0 Å². The van der Waals surface area contributed by atoms with Gasteiger partial charge in [0.1, 0.15) is 0 Å². The lowest BCUT2D eigenvalue weighted by atomic mass is 9.61. The fraction of sp³-hybridized carbons (Fsp3) is 0.545. The molecule has 2 aromatic rings. The van der Waals surface area contributed by atoms with Crippen LogP contribution >= 0.6 is 0 Å². The Morgan fingerprint density at radius 3 is 2.04 bits per heavy atom. The molecule has 1 atom stereocenters. The number of rotatable bonds is 7. The van der Waals surface area contributed by atoms with Gasteiger partial charge in [0.05, 0.1) is 18.6 Å². The Hall–Kier alpha value is -1.38. The highest BCUT2D eigenvalue weighted by Gasteiger charge is 2.55. The maximum Gasteiger partial charge on any atom is 0.0590 e. The summed E-state index contributed by atoms with van der Waals surface area (Å²) in [7, 11) is 3.62. The van der Waals surface area contributed by atoms with Gasteiger partial charge in [-0.05, 0) is 34.2 Å². The third kappa shape index (κ3) is 2.39. The van der Waals surface area contributed by atoms with Crippen LogP contribution in [0.15, 0.2) is 36.4 Å². The van der Waals surface area contributed by atoms with E-state index in [2.05, 4.69) is 57.2 Å². The van der Waals surface area contributed by atoms with Gasteiger partial charge in [-0.25, -0.2) is 0 Å². The minimum atomic E-state index is -0.130. The molecule has 130 valence electrons. The first kappa shape index (κ1) is 17.4. The number of hydrogen-bond acceptors (Lipinski definition) is 2. The highest BCUT2D eigenvalue weighted by Crippen LogP contribution is 2.57. The molecule has 1 unspecified atom stereocenters. The lowest BCUT2D eigenvalue weighted by Gasteiger charge is -2.45. The first-order valence-electron chi connectivity index (χ1n) is 9.01. The van der Waals surface area contributed by atoms with Crippen molar-refractivity contribution in [2.24, 2.45) is 5.92 Å². The van der Waals surface area contributed by atoms with Crippen molar-refractivity contribution in [1.29, 1.82) is 0 Å². The summed E-state index contributed by atoms with van der Waals surface area (Å²) in [6.07, 6.45) is 2.35. The zero-order chi connectivity index (χ0) is 17.4. The topological polar surface area (TPSA) is 18.5 Å². The Balaban J connectivity index is 2.26. The van der Waals surface area contributed by atoms with Crippen molar-refractivity contribution in [1.82, 2.24) is 0 Å². The molecule has 0 amide bonds. The Bertz CT molecular complexity index is 708. The third-order valence-electron chi connectivity index (χ3n) is 6.07. The van der Waals surface area contributed by atoms with Crippen molar-refractivity contribution in [2.75, 3.05) is 27.4 Å². The smallest absolute Gasteiger partial charge is 0.0590 e. The van der Waals surface area contributed by atoms with Gasteiger partial charge in [0, 0.05) is 19.6 Å². The number of hydrogen-bond donors (Lipinski definition) is 0. The summed E-state index contributed by atoms with van der Waals surface area (Å²) in [4.78, 5) is 0. The predicted molar refractivity (Wildman–Crippen MR) is 101 cm³/mol. The third-order valence-corrected chi connectivity index (χ3v) is 6.07. The second kappa shape index (κ2) is 6.50. The maximum absolute atomic E-state index is 5.77. The molecule has 2 aromatic carbocycles. The largest absolute Gasteiger partial charge is 0.384 e. The Kier molecular flexibility index (Phi) is 4.72. The van der Waals surface area contributed by atoms with Gasteiger partial charge in [-0.3, -0.25) is 0 Å². The average molecular weight is 326 g/mol. The van der Waals surface area contributed by atoms with Crippen LogP contribution in [-0.2, 0) is 20.3 Å². The minimum Gasteiger partial charge on any atom is -0.384 e. The van der Waals surface area contributed by atoms with Crippen LogP contribution in [0.25, 0.3) is 10.8 Å². The minimum absolute atomic E-state index is 0.0203. The van der Waals surface area contributed by atoms with Crippen LogP contribution in [-0.4, -0.2) is 27.4 Å². The maximum atomic E-state index is 5.77. The molecule has 0 bridgehead atoms. The molecule has 0 fully saturated rings. The highest BCUT2D eigenvalue weighted by atomic mass is 16.5. The molecule has 2 heteroatoms. The van der Waals surface area contributed by atoms with E-state index in [-0.39, 0.29) is 10.8 Å². The molecule has 0 radical (unpaired) electrons. The van der Waals surface area contributed by atoms with Crippen molar-refractivity contribution in [2.45, 2.75) is 44.4 Å². The molecule has 0 spiro atoms. The van der Waals surface area contributed by atoms with E-state index in [4.69, 9.17) is 9.47 Å². The summed E-state index contributed by atoms with van der Waals surface area (Å²) >= 11 is 0. The predicted octanol–water partition coefficient (Wildman–Crippen LogP) is 5.08. The Morgan fingerprint density at radius 2 is 1.50 bits per heavy atom.